The molecular weight excluding hydrogens is 1450 g/mol. The van der Waals surface area contributed by atoms with E-state index in [1.165, 1.54) is 6.26 Å². The number of halogens is 1. The first-order valence-corrected chi connectivity index (χ1v) is 38.4. The third-order valence-corrected chi connectivity index (χ3v) is 19.2. The molecule has 27 nitrogen and oxygen atoms in total. The lowest BCUT2D eigenvalue weighted by atomic mass is 10.1. The molecule has 12 rings (SSSR count). The van der Waals surface area contributed by atoms with E-state index in [4.69, 9.17) is 63.9 Å². The molecule has 7 heterocycles. The van der Waals surface area contributed by atoms with E-state index in [1.807, 2.05) is 107 Å². The fourth-order valence-corrected chi connectivity index (χ4v) is 13.6. The van der Waals surface area contributed by atoms with Crippen LogP contribution < -0.4 is 38.4 Å². The maximum absolute atomic E-state index is 13.3. The number of fused-ring (bicyclic) bond motifs is 3. The Bertz CT molecular complexity index is 4440. The quantitative estimate of drug-likeness (QED) is 0.0240. The van der Waals surface area contributed by atoms with Crippen molar-refractivity contribution in [3.8, 4) is 29.1 Å². The molecule has 0 atom stereocenters. The highest BCUT2D eigenvalue weighted by atomic mass is 35.5. The van der Waals surface area contributed by atoms with E-state index in [0.29, 0.717) is 154 Å². The number of hydrogen-bond donors (Lipinski definition) is 0. The fourth-order valence-electron chi connectivity index (χ4n) is 13.4. The number of para-hydroxylation sites is 2. The second-order valence-electron chi connectivity index (χ2n) is 27.6. The summed E-state index contributed by atoms with van der Waals surface area (Å²) in [5.74, 6) is 0.919. The summed E-state index contributed by atoms with van der Waals surface area (Å²) in [5, 5.41) is 2.97. The first-order valence-electron chi connectivity index (χ1n) is 38.0. The smallest absolute Gasteiger partial charge is 0.345 e. The van der Waals surface area contributed by atoms with E-state index in [-0.39, 0.29) is 60.7 Å². The number of aromatic nitrogens is 3. The Kier molecular flexibility index (Phi) is 30.4. The molecule has 9 aromatic rings. The number of anilines is 3. The van der Waals surface area contributed by atoms with Crippen LogP contribution in [0, 0.1) is 0 Å². The van der Waals surface area contributed by atoms with Crippen LogP contribution in [0.5, 0.6) is 29.1 Å². The molecule has 4 aromatic heterocycles. The SMILES string of the molecule is CCOC(=O)c1c(OCCCN(C)C)nc2ccc(Cl)cc2c1N1CCN(C(=O)c2ccco2)CC1.CCOC(=O)c1c(OCCCN(C)C)nc2ccccc2c1N1CCN(C(=O)c2ccc(OC)cc2)CC1.CCOC(=O)c1c(OCCCN(C)C)nc2ccccc2c1N1CCN(C(=O)c2ccc(OC)cc2)CC1. The molecule has 0 N–H and O–H groups in total. The van der Waals surface area contributed by atoms with Crippen molar-refractivity contribution in [2.24, 2.45) is 0 Å². The van der Waals surface area contributed by atoms with Gasteiger partial charge in [0, 0.05) is 130 Å². The van der Waals surface area contributed by atoms with Gasteiger partial charge in [-0.25, -0.2) is 29.3 Å². The van der Waals surface area contributed by atoms with Crippen LogP contribution in [0.4, 0.5) is 17.1 Å². The average molecular weight is 1560 g/mol. The maximum Gasteiger partial charge on any atom is 0.345 e. The van der Waals surface area contributed by atoms with Crippen molar-refractivity contribution < 1.29 is 71.1 Å². The number of carbonyl (C=O) groups is 6. The Morgan fingerprint density at radius 3 is 1.08 bits per heavy atom. The number of pyridine rings is 3. The van der Waals surface area contributed by atoms with Gasteiger partial charge in [0.1, 0.15) is 28.2 Å². The number of benzene rings is 5. The van der Waals surface area contributed by atoms with Crippen molar-refractivity contribution in [1.82, 2.24) is 44.4 Å². The van der Waals surface area contributed by atoms with Gasteiger partial charge in [-0.05, 0) is 173 Å². The highest BCUT2D eigenvalue weighted by Gasteiger charge is 2.35. The summed E-state index contributed by atoms with van der Waals surface area (Å²) in [6, 6.07) is 38.5. The normalized spacial score (nSPS) is 13.7. The van der Waals surface area contributed by atoms with Gasteiger partial charge in [0.25, 0.3) is 17.7 Å². The summed E-state index contributed by atoms with van der Waals surface area (Å²) in [4.78, 5) is 111. The molecule has 0 radical (unpaired) electrons. The molecule has 0 unspecified atom stereocenters. The second-order valence-corrected chi connectivity index (χ2v) is 28.0. The minimum Gasteiger partial charge on any atom is -0.497 e. The van der Waals surface area contributed by atoms with Gasteiger partial charge >= 0.3 is 17.9 Å². The van der Waals surface area contributed by atoms with E-state index < -0.39 is 17.9 Å². The van der Waals surface area contributed by atoms with Crippen LogP contribution in [-0.2, 0) is 14.2 Å². The molecule has 3 aliphatic rings. The van der Waals surface area contributed by atoms with Crippen molar-refractivity contribution in [1.29, 1.82) is 0 Å². The lowest BCUT2D eigenvalue weighted by molar-refractivity contribution is 0.0511. The Hall–Kier alpha value is -11.0. The molecule has 0 saturated carbocycles. The average Bonchev–Trinajstić information content (AvgIpc) is 0.782. The van der Waals surface area contributed by atoms with Crippen molar-refractivity contribution in [3.05, 3.63) is 172 Å². The molecule has 3 fully saturated rings. The van der Waals surface area contributed by atoms with E-state index in [0.717, 1.165) is 77.5 Å². The number of hydrogen-bond acceptors (Lipinski definition) is 24. The highest BCUT2D eigenvalue weighted by molar-refractivity contribution is 6.31. The van der Waals surface area contributed by atoms with Crippen molar-refractivity contribution in [3.63, 3.8) is 0 Å². The van der Waals surface area contributed by atoms with Crippen molar-refractivity contribution >= 4 is 97.0 Å². The standard InChI is InChI=1S/2C29H36N4O5.C26H31ClN4O5/c2*1-5-37-29(35)25-26(23-9-6-7-10-24(23)30-27(25)38-20-8-15-31(2)3)32-16-18-33(19-17-32)28(34)21-11-13-22(36-4)14-12-21;1-4-34-26(33)22-23(30-11-13-31(14-12-30)25(32)21-7-5-15-35-21)19-17-18(27)8-9-20(19)28-24(22)36-16-6-10-29(2)3/h2*6-7,9-14H,5,8,15-20H2,1-4H3;5,7-9,15,17H,4,6,10-14,16H2,1-3H3. The zero-order valence-corrected chi connectivity index (χ0v) is 66.8. The topological polar surface area (TPSA) is 257 Å². The Labute approximate surface area is 659 Å². The lowest BCUT2D eigenvalue weighted by Crippen LogP contribution is -2.49. The summed E-state index contributed by atoms with van der Waals surface area (Å²) in [6.45, 7) is 16.1. The van der Waals surface area contributed by atoms with Crippen LogP contribution in [0.3, 0.4) is 0 Å². The minimum atomic E-state index is -0.501. The molecule has 3 aliphatic heterocycles. The zero-order valence-electron chi connectivity index (χ0n) is 66.0. The van der Waals surface area contributed by atoms with E-state index in [1.54, 1.807) is 113 Å². The number of ether oxygens (including phenoxy) is 8. The van der Waals surface area contributed by atoms with Gasteiger partial charge in [-0.3, -0.25) is 14.4 Å². The van der Waals surface area contributed by atoms with Crippen molar-refractivity contribution in [2.45, 2.75) is 40.0 Å². The van der Waals surface area contributed by atoms with Gasteiger partial charge in [0.2, 0.25) is 17.6 Å². The van der Waals surface area contributed by atoms with Crippen LogP contribution in [0.25, 0.3) is 32.7 Å². The summed E-state index contributed by atoms with van der Waals surface area (Å²) < 4.78 is 50.3. The predicted octanol–water partition coefficient (Wildman–Crippen LogP) is 11.4. The van der Waals surface area contributed by atoms with Crippen LogP contribution in [-0.4, -0.2) is 274 Å². The van der Waals surface area contributed by atoms with E-state index in [2.05, 4.69) is 34.4 Å². The number of amides is 3. The third-order valence-electron chi connectivity index (χ3n) is 19.0. The summed E-state index contributed by atoms with van der Waals surface area (Å²) in [5.41, 5.74) is 6.50. The molecule has 112 heavy (non-hydrogen) atoms. The van der Waals surface area contributed by atoms with E-state index in [9.17, 15) is 28.8 Å². The first kappa shape index (κ1) is 83.5. The predicted molar refractivity (Wildman–Crippen MR) is 433 cm³/mol. The Balaban J connectivity index is 0.000000178. The monoisotopic (exact) mass is 1550 g/mol. The fraction of sp³-hybridized carbons (Fsp3) is 0.417. The van der Waals surface area contributed by atoms with Gasteiger partial charge in [-0.15, -0.1) is 0 Å². The number of methoxy groups -OCH3 is 2. The number of esters is 3. The summed E-state index contributed by atoms with van der Waals surface area (Å²) in [7, 11) is 15.2. The molecule has 3 amide bonds. The molecular formula is C84H103ClN12O15. The Morgan fingerprint density at radius 2 is 0.750 bits per heavy atom. The molecule has 0 spiro atoms. The maximum atomic E-state index is 13.3. The number of piperazine rings is 3. The van der Waals surface area contributed by atoms with E-state index >= 15 is 0 Å². The number of rotatable bonds is 29. The molecule has 0 bridgehead atoms. The van der Waals surface area contributed by atoms with Gasteiger partial charge in [0.05, 0.1) is 93.7 Å². The third kappa shape index (κ3) is 21.4. The van der Waals surface area contributed by atoms with Crippen LogP contribution in [0.15, 0.2) is 138 Å². The second kappa shape index (κ2) is 40.8. The molecule has 596 valence electrons. The van der Waals surface area contributed by atoms with Crippen LogP contribution in [0.2, 0.25) is 5.02 Å². The highest BCUT2D eigenvalue weighted by Crippen LogP contribution is 2.41. The summed E-state index contributed by atoms with van der Waals surface area (Å²) in [6.07, 6.45) is 3.86. The van der Waals surface area contributed by atoms with Gasteiger partial charge < -0.3 is 86.4 Å². The van der Waals surface area contributed by atoms with Crippen LogP contribution >= 0.6 is 11.6 Å². The Morgan fingerprint density at radius 1 is 0.411 bits per heavy atom. The largest absolute Gasteiger partial charge is 0.497 e. The van der Waals surface area contributed by atoms with Gasteiger partial charge in [-0.1, -0.05) is 48.0 Å². The van der Waals surface area contributed by atoms with Gasteiger partial charge in [0.15, 0.2) is 5.76 Å². The van der Waals surface area contributed by atoms with Crippen molar-refractivity contribution in [2.75, 3.05) is 209 Å². The molecule has 0 aliphatic carbocycles. The summed E-state index contributed by atoms with van der Waals surface area (Å²) >= 11 is 6.35. The molecule has 28 heteroatoms. The number of nitrogens with zero attached hydrogens (tertiary/aromatic N) is 12. The number of carbonyl (C=O) groups excluding carboxylic acids is 6. The lowest BCUT2D eigenvalue weighted by Gasteiger charge is -2.37. The molecule has 5 aromatic carbocycles. The van der Waals surface area contributed by atoms with Crippen LogP contribution in [0.1, 0.15) is 102 Å². The number of furan rings is 1. The minimum absolute atomic E-state index is 0.0255. The first-order chi connectivity index (χ1) is 54.2. The van der Waals surface area contributed by atoms with Gasteiger partial charge in [-0.2, -0.15) is 0 Å². The molecule has 3 saturated heterocycles. The zero-order chi connectivity index (χ0) is 79.8.